The largest absolute Gasteiger partial charge is 0.480 e. The van der Waals surface area contributed by atoms with Gasteiger partial charge in [-0.15, -0.1) is 0 Å². The van der Waals surface area contributed by atoms with Crippen LogP contribution in [0.25, 0.3) is 0 Å². The number of hydrogen-bond donors (Lipinski definition) is 5. The number of carbonyl (C=O) groups excluding carboxylic acids is 3. The van der Waals surface area contributed by atoms with Gasteiger partial charge in [0.15, 0.2) is 0 Å². The summed E-state index contributed by atoms with van der Waals surface area (Å²) in [6.07, 6.45) is 1.97. The smallest absolute Gasteiger partial charge is 0.326 e. The van der Waals surface area contributed by atoms with Gasteiger partial charge in [-0.2, -0.15) is 0 Å². The van der Waals surface area contributed by atoms with E-state index in [0.717, 1.165) is 0 Å². The molecule has 0 aliphatic heterocycles. The molecule has 1 atom stereocenters. The zero-order valence-electron chi connectivity index (χ0n) is 16.1. The molecule has 0 heterocycles. The number of nitrogens with two attached hydrogens (primary N) is 1. The molecule has 9 heteroatoms. The third kappa shape index (κ3) is 15.4. The van der Waals surface area contributed by atoms with Gasteiger partial charge in [-0.05, 0) is 19.3 Å². The first-order valence-corrected chi connectivity index (χ1v) is 9.16. The van der Waals surface area contributed by atoms with Gasteiger partial charge in [0, 0.05) is 38.9 Å². The molecule has 6 N–H and O–H groups in total. The van der Waals surface area contributed by atoms with E-state index in [1.807, 2.05) is 20.8 Å². The Morgan fingerprint density at radius 3 is 2.04 bits per heavy atom. The molecular weight excluding hydrogens is 340 g/mol. The SMILES string of the molecule is CC.CCCC(=O)NC(CCCNC(=O)CCNC(=O)CCN)C(=O)O. The highest BCUT2D eigenvalue weighted by atomic mass is 16.4. The molecule has 3 amide bonds. The lowest BCUT2D eigenvalue weighted by Crippen LogP contribution is -2.41. The summed E-state index contributed by atoms with van der Waals surface area (Å²) in [4.78, 5) is 45.2. The molecule has 0 radical (unpaired) electrons. The van der Waals surface area contributed by atoms with E-state index < -0.39 is 12.0 Å². The van der Waals surface area contributed by atoms with Gasteiger partial charge in [-0.1, -0.05) is 20.8 Å². The summed E-state index contributed by atoms with van der Waals surface area (Å²) in [5, 5.41) is 16.7. The minimum Gasteiger partial charge on any atom is -0.480 e. The van der Waals surface area contributed by atoms with Crippen LogP contribution in [0.1, 0.15) is 59.3 Å². The number of aliphatic carboxylic acids is 1. The second kappa shape index (κ2) is 17.7. The summed E-state index contributed by atoms with van der Waals surface area (Å²) in [6.45, 7) is 6.64. The fraction of sp³-hybridized carbons (Fsp3) is 0.765. The van der Waals surface area contributed by atoms with Crippen molar-refractivity contribution in [1.82, 2.24) is 16.0 Å². The van der Waals surface area contributed by atoms with Crippen molar-refractivity contribution in [3.63, 3.8) is 0 Å². The number of hydrogen-bond acceptors (Lipinski definition) is 5. The van der Waals surface area contributed by atoms with Crippen molar-refractivity contribution >= 4 is 23.7 Å². The van der Waals surface area contributed by atoms with Crippen LogP contribution in [0.5, 0.6) is 0 Å². The van der Waals surface area contributed by atoms with E-state index in [1.165, 1.54) is 0 Å². The summed E-state index contributed by atoms with van der Waals surface area (Å²) in [7, 11) is 0. The predicted octanol–water partition coefficient (Wildman–Crippen LogP) is 0.134. The lowest BCUT2D eigenvalue weighted by Gasteiger charge is -2.14. The van der Waals surface area contributed by atoms with Gasteiger partial charge < -0.3 is 26.8 Å². The molecule has 0 aromatic carbocycles. The van der Waals surface area contributed by atoms with Crippen LogP contribution in [0.4, 0.5) is 0 Å². The molecule has 0 aliphatic rings. The molecule has 0 bridgehead atoms. The lowest BCUT2D eigenvalue weighted by atomic mass is 10.1. The van der Waals surface area contributed by atoms with E-state index in [0.29, 0.717) is 19.4 Å². The number of carboxylic acid groups (broad SMARTS) is 1. The van der Waals surface area contributed by atoms with E-state index in [2.05, 4.69) is 16.0 Å². The highest BCUT2D eigenvalue weighted by molar-refractivity contribution is 5.83. The molecule has 0 rings (SSSR count). The predicted molar refractivity (Wildman–Crippen MR) is 99.4 cm³/mol. The molecule has 0 aromatic heterocycles. The topological polar surface area (TPSA) is 151 Å². The van der Waals surface area contributed by atoms with Crippen molar-refractivity contribution in [3.05, 3.63) is 0 Å². The number of nitrogens with one attached hydrogen (secondary N) is 3. The van der Waals surface area contributed by atoms with Crippen molar-refractivity contribution < 1.29 is 24.3 Å². The molecule has 152 valence electrons. The van der Waals surface area contributed by atoms with Crippen LogP contribution >= 0.6 is 0 Å². The Labute approximate surface area is 155 Å². The van der Waals surface area contributed by atoms with Crippen molar-refractivity contribution in [1.29, 1.82) is 0 Å². The van der Waals surface area contributed by atoms with Crippen molar-refractivity contribution in [2.75, 3.05) is 19.6 Å². The van der Waals surface area contributed by atoms with E-state index in [4.69, 9.17) is 10.8 Å². The number of amides is 3. The maximum atomic E-state index is 11.6. The molecule has 0 saturated carbocycles. The Kier molecular flexibility index (Phi) is 17.7. The molecule has 0 aromatic rings. The van der Waals surface area contributed by atoms with E-state index in [1.54, 1.807) is 0 Å². The third-order valence-electron chi connectivity index (χ3n) is 3.15. The number of carbonyl (C=O) groups is 4. The normalized spacial score (nSPS) is 10.8. The molecule has 26 heavy (non-hydrogen) atoms. The Morgan fingerprint density at radius 2 is 1.50 bits per heavy atom. The molecule has 0 fully saturated rings. The van der Waals surface area contributed by atoms with Crippen molar-refractivity contribution in [2.45, 2.75) is 65.3 Å². The monoisotopic (exact) mass is 374 g/mol. The maximum absolute atomic E-state index is 11.6. The fourth-order valence-electron chi connectivity index (χ4n) is 1.91. The average molecular weight is 374 g/mol. The number of rotatable bonds is 13. The minimum atomic E-state index is -1.09. The van der Waals surface area contributed by atoms with Crippen LogP contribution in [0.2, 0.25) is 0 Å². The quantitative estimate of drug-likeness (QED) is 0.289. The van der Waals surface area contributed by atoms with Gasteiger partial charge in [-0.3, -0.25) is 14.4 Å². The van der Waals surface area contributed by atoms with Gasteiger partial charge >= 0.3 is 5.97 Å². The van der Waals surface area contributed by atoms with Gasteiger partial charge in [0.2, 0.25) is 17.7 Å². The van der Waals surface area contributed by atoms with Crippen molar-refractivity contribution in [2.24, 2.45) is 5.73 Å². The third-order valence-corrected chi connectivity index (χ3v) is 3.15. The highest BCUT2D eigenvalue weighted by Gasteiger charge is 2.18. The molecule has 9 nitrogen and oxygen atoms in total. The van der Waals surface area contributed by atoms with Crippen LogP contribution in [0.3, 0.4) is 0 Å². The Morgan fingerprint density at radius 1 is 0.923 bits per heavy atom. The zero-order chi connectivity index (χ0) is 20.4. The standard InChI is InChI=1S/C15H28N4O5.C2H6/c1-2-4-14(22)19-11(15(23)24)5-3-9-17-13(21)7-10-18-12(20)6-8-16;1-2/h11H,2-10,16H2,1H3,(H,17,21)(H,18,20)(H,19,22)(H,23,24);1-2H3. The first kappa shape index (κ1) is 26.1. The van der Waals surface area contributed by atoms with Crippen LogP contribution in [-0.4, -0.2) is 54.5 Å². The lowest BCUT2D eigenvalue weighted by molar-refractivity contribution is -0.142. The molecule has 0 spiro atoms. The Hall–Kier alpha value is -2.16. The summed E-state index contributed by atoms with van der Waals surface area (Å²) < 4.78 is 0. The minimum absolute atomic E-state index is 0.145. The maximum Gasteiger partial charge on any atom is 0.326 e. The Balaban J connectivity index is 0. The first-order valence-electron chi connectivity index (χ1n) is 9.16. The van der Waals surface area contributed by atoms with E-state index in [9.17, 15) is 19.2 Å². The van der Waals surface area contributed by atoms with Gasteiger partial charge in [0.05, 0.1) is 0 Å². The Bertz CT molecular complexity index is 429. The molecule has 0 saturated heterocycles. The van der Waals surface area contributed by atoms with Gasteiger partial charge in [-0.25, -0.2) is 4.79 Å². The van der Waals surface area contributed by atoms with Crippen LogP contribution in [-0.2, 0) is 19.2 Å². The van der Waals surface area contributed by atoms with Crippen LogP contribution in [0.15, 0.2) is 0 Å². The summed E-state index contributed by atoms with van der Waals surface area (Å²) in [5.74, 6) is -1.81. The zero-order valence-corrected chi connectivity index (χ0v) is 16.1. The highest BCUT2D eigenvalue weighted by Crippen LogP contribution is 1.99. The molecular formula is C17H34N4O5. The number of carboxylic acids is 1. The summed E-state index contributed by atoms with van der Waals surface area (Å²) in [5.41, 5.74) is 5.23. The second-order valence-corrected chi connectivity index (χ2v) is 5.34. The van der Waals surface area contributed by atoms with Crippen LogP contribution in [0, 0.1) is 0 Å². The average Bonchev–Trinajstić information content (AvgIpc) is 2.59. The van der Waals surface area contributed by atoms with E-state index >= 15 is 0 Å². The molecule has 0 aliphatic carbocycles. The second-order valence-electron chi connectivity index (χ2n) is 5.34. The van der Waals surface area contributed by atoms with Gasteiger partial charge in [0.1, 0.15) is 6.04 Å². The van der Waals surface area contributed by atoms with E-state index in [-0.39, 0.29) is 56.5 Å². The van der Waals surface area contributed by atoms with Crippen molar-refractivity contribution in [3.8, 4) is 0 Å². The molecule has 1 unspecified atom stereocenters. The van der Waals surface area contributed by atoms with Gasteiger partial charge in [0.25, 0.3) is 0 Å². The summed E-state index contributed by atoms with van der Waals surface area (Å²) >= 11 is 0. The first-order chi connectivity index (χ1) is 12.4. The van der Waals surface area contributed by atoms with Crippen LogP contribution < -0.4 is 21.7 Å². The fourth-order valence-corrected chi connectivity index (χ4v) is 1.91. The summed E-state index contributed by atoms with van der Waals surface area (Å²) in [6, 6.07) is -0.948.